The van der Waals surface area contributed by atoms with Gasteiger partial charge in [0.25, 0.3) is 0 Å². The quantitative estimate of drug-likeness (QED) is 0.700. The van der Waals surface area contributed by atoms with E-state index in [1.54, 1.807) is 6.07 Å². The molecule has 0 aliphatic heterocycles. The monoisotopic (exact) mass is 232 g/mol. The van der Waals surface area contributed by atoms with E-state index in [0.717, 1.165) is 38.3 Å². The number of anilines is 1. The third kappa shape index (κ3) is 5.94. The molecule has 0 atom stereocenters. The van der Waals surface area contributed by atoms with Crippen LogP contribution in [0.2, 0.25) is 0 Å². The smallest absolute Gasteiger partial charge is 0.0992 e. The molecule has 1 aromatic rings. The van der Waals surface area contributed by atoms with Gasteiger partial charge in [-0.25, -0.2) is 0 Å². The van der Waals surface area contributed by atoms with Crippen molar-refractivity contribution in [2.45, 2.75) is 26.2 Å². The highest BCUT2D eigenvalue weighted by Gasteiger charge is 1.94. The summed E-state index contributed by atoms with van der Waals surface area (Å²) in [6, 6.07) is 9.65. The van der Waals surface area contributed by atoms with E-state index in [1.165, 1.54) is 6.42 Å². The van der Waals surface area contributed by atoms with Gasteiger partial charge in [-0.05, 0) is 31.0 Å². The van der Waals surface area contributed by atoms with Gasteiger partial charge in [-0.3, -0.25) is 0 Å². The first-order chi connectivity index (χ1) is 8.36. The van der Waals surface area contributed by atoms with Crippen molar-refractivity contribution in [2.24, 2.45) is 0 Å². The van der Waals surface area contributed by atoms with Crippen LogP contribution in [0.3, 0.4) is 0 Å². The minimum Gasteiger partial charge on any atom is -0.385 e. The predicted octanol–water partition coefficient (Wildman–Crippen LogP) is 3.18. The summed E-state index contributed by atoms with van der Waals surface area (Å²) < 4.78 is 5.46. The van der Waals surface area contributed by atoms with Gasteiger partial charge in [-0.2, -0.15) is 5.26 Å². The van der Waals surface area contributed by atoms with Gasteiger partial charge in [0.2, 0.25) is 0 Å². The molecule has 92 valence electrons. The molecule has 0 saturated carbocycles. The molecule has 1 N–H and O–H groups in total. The van der Waals surface area contributed by atoms with Crippen molar-refractivity contribution in [2.75, 3.05) is 25.1 Å². The maximum atomic E-state index is 8.76. The highest BCUT2D eigenvalue weighted by molar-refractivity contribution is 5.48. The summed E-state index contributed by atoms with van der Waals surface area (Å²) >= 11 is 0. The van der Waals surface area contributed by atoms with E-state index in [1.807, 2.05) is 18.2 Å². The lowest BCUT2D eigenvalue weighted by molar-refractivity contribution is 0.131. The van der Waals surface area contributed by atoms with Crippen LogP contribution in [0.1, 0.15) is 31.7 Å². The zero-order valence-electron chi connectivity index (χ0n) is 10.4. The van der Waals surface area contributed by atoms with Gasteiger partial charge < -0.3 is 10.1 Å². The molecule has 0 heterocycles. The van der Waals surface area contributed by atoms with Crippen LogP contribution >= 0.6 is 0 Å². The van der Waals surface area contributed by atoms with Crippen LogP contribution in [0.4, 0.5) is 5.69 Å². The fourth-order valence-electron chi connectivity index (χ4n) is 1.45. The summed E-state index contributed by atoms with van der Waals surface area (Å²) in [5.41, 5.74) is 1.69. The first kappa shape index (κ1) is 13.5. The molecular weight excluding hydrogens is 212 g/mol. The van der Waals surface area contributed by atoms with E-state index in [2.05, 4.69) is 18.3 Å². The largest absolute Gasteiger partial charge is 0.385 e. The second-order valence-electron chi connectivity index (χ2n) is 3.94. The number of ether oxygens (including phenoxy) is 1. The van der Waals surface area contributed by atoms with Crippen LogP contribution in [-0.4, -0.2) is 19.8 Å². The maximum Gasteiger partial charge on any atom is 0.0992 e. The molecule has 0 amide bonds. The third-order valence-electron chi connectivity index (χ3n) is 2.43. The molecular formula is C14H20N2O. The zero-order chi connectivity index (χ0) is 12.3. The van der Waals surface area contributed by atoms with E-state index < -0.39 is 0 Å². The summed E-state index contributed by atoms with van der Waals surface area (Å²) in [6.45, 7) is 4.69. The molecule has 17 heavy (non-hydrogen) atoms. The van der Waals surface area contributed by atoms with Crippen molar-refractivity contribution in [1.82, 2.24) is 0 Å². The number of unbranched alkanes of at least 4 members (excludes halogenated alkanes) is 1. The Morgan fingerprint density at radius 1 is 1.29 bits per heavy atom. The fraction of sp³-hybridized carbons (Fsp3) is 0.500. The molecule has 1 rings (SSSR count). The van der Waals surface area contributed by atoms with E-state index in [4.69, 9.17) is 10.00 Å². The Balaban J connectivity index is 2.12. The molecule has 0 bridgehead atoms. The number of nitriles is 1. The third-order valence-corrected chi connectivity index (χ3v) is 2.43. The average molecular weight is 232 g/mol. The van der Waals surface area contributed by atoms with E-state index in [9.17, 15) is 0 Å². The van der Waals surface area contributed by atoms with Crippen LogP contribution in [0.15, 0.2) is 24.3 Å². The first-order valence-electron chi connectivity index (χ1n) is 6.18. The lowest BCUT2D eigenvalue weighted by atomic mass is 10.2. The molecule has 0 fully saturated rings. The van der Waals surface area contributed by atoms with Crippen molar-refractivity contribution in [1.29, 1.82) is 5.26 Å². The van der Waals surface area contributed by atoms with Crippen LogP contribution in [-0.2, 0) is 4.74 Å². The van der Waals surface area contributed by atoms with Crippen LogP contribution in [0.5, 0.6) is 0 Å². The number of nitrogens with zero attached hydrogens (tertiary/aromatic N) is 1. The zero-order valence-corrected chi connectivity index (χ0v) is 10.4. The van der Waals surface area contributed by atoms with Crippen molar-refractivity contribution in [3.8, 4) is 6.07 Å². The van der Waals surface area contributed by atoms with Gasteiger partial charge in [0.15, 0.2) is 0 Å². The van der Waals surface area contributed by atoms with Gasteiger partial charge in [-0.1, -0.05) is 19.4 Å². The summed E-state index contributed by atoms with van der Waals surface area (Å²) in [6.07, 6.45) is 3.30. The SMILES string of the molecule is CCCCOCCCNc1cccc(C#N)c1. The highest BCUT2D eigenvalue weighted by atomic mass is 16.5. The van der Waals surface area contributed by atoms with Gasteiger partial charge in [0, 0.05) is 25.4 Å². The molecule has 0 unspecified atom stereocenters. The Labute approximate surface area is 103 Å². The predicted molar refractivity (Wildman–Crippen MR) is 70.0 cm³/mol. The topological polar surface area (TPSA) is 45.0 Å². The highest BCUT2D eigenvalue weighted by Crippen LogP contribution is 2.09. The molecule has 0 aliphatic carbocycles. The Kier molecular flexibility index (Phi) is 6.85. The summed E-state index contributed by atoms with van der Waals surface area (Å²) in [4.78, 5) is 0. The molecule has 0 spiro atoms. The maximum absolute atomic E-state index is 8.76. The van der Waals surface area contributed by atoms with Gasteiger partial charge in [0.1, 0.15) is 0 Å². The van der Waals surface area contributed by atoms with Crippen molar-refractivity contribution < 1.29 is 4.74 Å². The van der Waals surface area contributed by atoms with Crippen LogP contribution in [0.25, 0.3) is 0 Å². The van der Waals surface area contributed by atoms with Crippen molar-refractivity contribution in [3.05, 3.63) is 29.8 Å². The first-order valence-corrected chi connectivity index (χ1v) is 6.18. The van der Waals surface area contributed by atoms with Crippen molar-refractivity contribution in [3.63, 3.8) is 0 Å². The van der Waals surface area contributed by atoms with Crippen molar-refractivity contribution >= 4 is 5.69 Å². The number of hydrogen-bond donors (Lipinski definition) is 1. The number of rotatable bonds is 8. The van der Waals surface area contributed by atoms with E-state index >= 15 is 0 Å². The summed E-state index contributed by atoms with van der Waals surface area (Å²) in [7, 11) is 0. The average Bonchev–Trinajstić information content (AvgIpc) is 2.38. The Hall–Kier alpha value is -1.53. The molecule has 3 nitrogen and oxygen atoms in total. The minimum absolute atomic E-state index is 0.689. The molecule has 0 radical (unpaired) electrons. The summed E-state index contributed by atoms with van der Waals surface area (Å²) in [5, 5.41) is 12.0. The second kappa shape index (κ2) is 8.60. The lowest BCUT2D eigenvalue weighted by Gasteiger charge is -2.07. The van der Waals surface area contributed by atoms with E-state index in [-0.39, 0.29) is 0 Å². The van der Waals surface area contributed by atoms with Gasteiger partial charge in [-0.15, -0.1) is 0 Å². The molecule has 0 saturated heterocycles. The summed E-state index contributed by atoms with van der Waals surface area (Å²) in [5.74, 6) is 0. The van der Waals surface area contributed by atoms with Gasteiger partial charge >= 0.3 is 0 Å². The fourth-order valence-corrected chi connectivity index (χ4v) is 1.45. The number of hydrogen-bond acceptors (Lipinski definition) is 3. The Morgan fingerprint density at radius 3 is 2.88 bits per heavy atom. The van der Waals surface area contributed by atoms with Gasteiger partial charge in [0.05, 0.1) is 11.6 Å². The minimum atomic E-state index is 0.689. The molecule has 0 aliphatic rings. The standard InChI is InChI=1S/C14H20N2O/c1-2-3-9-17-10-5-8-16-14-7-4-6-13(11-14)12-15/h4,6-7,11,16H,2-3,5,8-10H2,1H3. The lowest BCUT2D eigenvalue weighted by Crippen LogP contribution is -2.06. The normalized spacial score (nSPS) is 9.88. The molecule has 1 aromatic carbocycles. The van der Waals surface area contributed by atoms with Crippen LogP contribution < -0.4 is 5.32 Å². The number of benzene rings is 1. The number of nitrogens with one attached hydrogen (secondary N) is 1. The van der Waals surface area contributed by atoms with Crippen LogP contribution in [0, 0.1) is 11.3 Å². The molecule has 3 heteroatoms. The Morgan fingerprint density at radius 2 is 2.12 bits per heavy atom. The molecule has 0 aromatic heterocycles. The Bertz CT molecular complexity index is 357. The van der Waals surface area contributed by atoms with E-state index in [0.29, 0.717) is 5.56 Å². The second-order valence-corrected chi connectivity index (χ2v) is 3.94.